The molecule has 1 fully saturated rings. The van der Waals surface area contributed by atoms with Crippen molar-refractivity contribution >= 4 is 45.6 Å². The van der Waals surface area contributed by atoms with Crippen molar-refractivity contribution in [1.29, 1.82) is 0 Å². The van der Waals surface area contributed by atoms with Gasteiger partial charge in [-0.3, -0.25) is 19.7 Å². The summed E-state index contributed by atoms with van der Waals surface area (Å²) in [5, 5.41) is 15.0. The number of carbonyl (C=O) groups is 3. The van der Waals surface area contributed by atoms with E-state index in [1.54, 1.807) is 43.0 Å². The summed E-state index contributed by atoms with van der Waals surface area (Å²) in [6.45, 7) is 8.21. The molecule has 1 aliphatic rings. The monoisotopic (exact) mass is 477 g/mol. The van der Waals surface area contributed by atoms with Crippen molar-refractivity contribution in [3.63, 3.8) is 0 Å². The maximum atomic E-state index is 12.7. The third-order valence-electron chi connectivity index (χ3n) is 5.85. The fraction of sp³-hybridized carbons (Fsp3) is 0.320. The van der Waals surface area contributed by atoms with E-state index in [1.165, 1.54) is 16.9 Å². The topological polar surface area (TPSA) is 104 Å². The quantitative estimate of drug-likeness (QED) is 0.543. The van der Waals surface area contributed by atoms with E-state index in [2.05, 4.69) is 20.8 Å². The minimum Gasteiger partial charge on any atom is -0.326 e. The van der Waals surface area contributed by atoms with Gasteiger partial charge in [0.15, 0.2) is 0 Å². The van der Waals surface area contributed by atoms with Crippen molar-refractivity contribution in [2.45, 2.75) is 40.0 Å². The average molecular weight is 478 g/mol. The van der Waals surface area contributed by atoms with E-state index in [1.807, 2.05) is 32.0 Å². The van der Waals surface area contributed by atoms with Gasteiger partial charge in [-0.05, 0) is 55.3 Å². The molecule has 4 rings (SSSR count). The lowest BCUT2D eigenvalue weighted by molar-refractivity contribution is -0.119. The molecule has 2 heterocycles. The number of nitrogens with one attached hydrogen (secondary N) is 2. The highest BCUT2D eigenvalue weighted by molar-refractivity contribution is 7.15. The molecule has 1 aliphatic heterocycles. The van der Waals surface area contributed by atoms with Crippen LogP contribution in [0.2, 0.25) is 0 Å². The first kappa shape index (κ1) is 23.6. The van der Waals surface area contributed by atoms with Crippen molar-refractivity contribution in [3.8, 4) is 0 Å². The van der Waals surface area contributed by atoms with Gasteiger partial charge in [0.25, 0.3) is 5.91 Å². The summed E-state index contributed by atoms with van der Waals surface area (Å²) in [6.07, 6.45) is 0.354. The van der Waals surface area contributed by atoms with Gasteiger partial charge in [0.05, 0.1) is 0 Å². The number of hydrogen-bond acceptors (Lipinski definition) is 6. The molecule has 3 amide bonds. The zero-order chi connectivity index (χ0) is 24.4. The molecule has 0 spiro atoms. The molecule has 1 atom stereocenters. The van der Waals surface area contributed by atoms with E-state index < -0.39 is 0 Å². The fourth-order valence-corrected chi connectivity index (χ4v) is 4.49. The van der Waals surface area contributed by atoms with Crippen LogP contribution in [0.1, 0.15) is 52.7 Å². The van der Waals surface area contributed by atoms with E-state index in [9.17, 15) is 14.4 Å². The van der Waals surface area contributed by atoms with E-state index in [-0.39, 0.29) is 29.6 Å². The maximum Gasteiger partial charge on any atom is 0.257 e. The lowest BCUT2D eigenvalue weighted by Crippen LogP contribution is -2.24. The van der Waals surface area contributed by atoms with Crippen LogP contribution in [0.4, 0.5) is 16.5 Å². The molecule has 0 unspecified atom stereocenters. The number of benzene rings is 2. The van der Waals surface area contributed by atoms with E-state index >= 15 is 0 Å². The highest BCUT2D eigenvalue weighted by Gasteiger charge is 2.34. The van der Waals surface area contributed by atoms with Crippen molar-refractivity contribution in [1.82, 2.24) is 10.2 Å². The smallest absolute Gasteiger partial charge is 0.257 e. The molecule has 0 bridgehead atoms. The SMILES string of the molecule is Cc1ccc(N2C[C@@H](c3nnc(NC(=O)c4cccc(NC(=O)C(C)C)c4)s3)CC2=O)cc1C. The molecule has 0 radical (unpaired) electrons. The second kappa shape index (κ2) is 9.72. The number of hydrogen-bond donors (Lipinski definition) is 2. The Bertz CT molecular complexity index is 1250. The predicted molar refractivity (Wildman–Crippen MR) is 133 cm³/mol. The summed E-state index contributed by atoms with van der Waals surface area (Å²) >= 11 is 1.27. The molecule has 9 heteroatoms. The Morgan fingerprint density at radius 1 is 1.06 bits per heavy atom. The largest absolute Gasteiger partial charge is 0.326 e. The third kappa shape index (κ3) is 5.14. The van der Waals surface area contributed by atoms with Crippen molar-refractivity contribution in [2.75, 3.05) is 22.1 Å². The summed E-state index contributed by atoms with van der Waals surface area (Å²) in [4.78, 5) is 39.1. The fourth-order valence-electron chi connectivity index (χ4n) is 3.66. The van der Waals surface area contributed by atoms with Gasteiger partial charge in [0.2, 0.25) is 16.9 Å². The summed E-state index contributed by atoms with van der Waals surface area (Å²) in [7, 11) is 0. The molecule has 0 saturated carbocycles. The molecular weight excluding hydrogens is 450 g/mol. The lowest BCUT2D eigenvalue weighted by Gasteiger charge is -2.17. The second-order valence-corrected chi connectivity index (χ2v) is 9.81. The van der Waals surface area contributed by atoms with E-state index in [4.69, 9.17) is 0 Å². The first-order valence-corrected chi connectivity index (χ1v) is 12.0. The van der Waals surface area contributed by atoms with Gasteiger partial charge in [0, 0.05) is 41.7 Å². The van der Waals surface area contributed by atoms with E-state index in [0.717, 1.165) is 11.3 Å². The first-order valence-electron chi connectivity index (χ1n) is 11.1. The number of amides is 3. The molecule has 34 heavy (non-hydrogen) atoms. The second-order valence-electron chi connectivity index (χ2n) is 8.80. The number of aryl methyl sites for hydroxylation is 2. The Morgan fingerprint density at radius 2 is 1.85 bits per heavy atom. The predicted octanol–water partition coefficient (Wildman–Crippen LogP) is 4.52. The number of rotatable bonds is 6. The van der Waals surface area contributed by atoms with Crippen molar-refractivity contribution in [3.05, 3.63) is 64.2 Å². The van der Waals surface area contributed by atoms with Crippen LogP contribution in [0.3, 0.4) is 0 Å². The average Bonchev–Trinajstić information content (AvgIpc) is 3.42. The molecular formula is C25H27N5O3S. The van der Waals surface area contributed by atoms with Crippen LogP contribution in [0, 0.1) is 19.8 Å². The van der Waals surface area contributed by atoms with Crippen LogP contribution in [0.15, 0.2) is 42.5 Å². The summed E-state index contributed by atoms with van der Waals surface area (Å²) in [5.74, 6) is -0.651. The minimum absolute atomic E-state index is 0.0503. The summed E-state index contributed by atoms with van der Waals surface area (Å²) in [6, 6.07) is 12.7. The zero-order valence-electron chi connectivity index (χ0n) is 19.6. The number of aromatic nitrogens is 2. The Morgan fingerprint density at radius 3 is 2.59 bits per heavy atom. The number of carbonyl (C=O) groups excluding carboxylic acids is 3. The zero-order valence-corrected chi connectivity index (χ0v) is 20.4. The van der Waals surface area contributed by atoms with Crippen molar-refractivity contribution < 1.29 is 14.4 Å². The van der Waals surface area contributed by atoms with Gasteiger partial charge in [-0.25, -0.2) is 0 Å². The molecule has 1 aromatic heterocycles. The Hall–Kier alpha value is -3.59. The van der Waals surface area contributed by atoms with Crippen LogP contribution >= 0.6 is 11.3 Å². The van der Waals surface area contributed by atoms with Crippen molar-refractivity contribution in [2.24, 2.45) is 5.92 Å². The number of anilines is 3. The molecule has 1 saturated heterocycles. The van der Waals surface area contributed by atoms with Crippen LogP contribution in [0.25, 0.3) is 0 Å². The van der Waals surface area contributed by atoms with Gasteiger partial charge < -0.3 is 10.2 Å². The van der Waals surface area contributed by atoms with Gasteiger partial charge in [-0.15, -0.1) is 10.2 Å². The molecule has 8 nitrogen and oxygen atoms in total. The minimum atomic E-state index is -0.345. The molecule has 0 aliphatic carbocycles. The van der Waals surface area contributed by atoms with E-state index in [0.29, 0.717) is 34.4 Å². The summed E-state index contributed by atoms with van der Waals surface area (Å²) in [5.41, 5.74) is 4.17. The summed E-state index contributed by atoms with van der Waals surface area (Å²) < 4.78 is 0. The van der Waals surface area contributed by atoms with Gasteiger partial charge in [0.1, 0.15) is 5.01 Å². The Balaban J connectivity index is 1.42. The molecule has 2 aromatic carbocycles. The van der Waals surface area contributed by atoms with Crippen LogP contribution < -0.4 is 15.5 Å². The highest BCUT2D eigenvalue weighted by atomic mass is 32.1. The van der Waals surface area contributed by atoms with Crippen LogP contribution in [-0.2, 0) is 9.59 Å². The van der Waals surface area contributed by atoms with Crippen LogP contribution in [-0.4, -0.2) is 34.5 Å². The lowest BCUT2D eigenvalue weighted by atomic mass is 10.1. The van der Waals surface area contributed by atoms with Gasteiger partial charge in [-0.1, -0.05) is 37.3 Å². The standard InChI is InChI=1S/C25H27N5O3S/c1-14(2)22(32)26-19-7-5-6-17(11-19)23(33)27-25-29-28-24(34-25)18-12-21(31)30(13-18)20-9-8-15(3)16(4)10-20/h5-11,14,18H,12-13H2,1-4H3,(H,26,32)(H,27,29,33)/t18-/m0/s1. The Labute approximate surface area is 202 Å². The first-order chi connectivity index (χ1) is 16.2. The maximum absolute atomic E-state index is 12.7. The highest BCUT2D eigenvalue weighted by Crippen LogP contribution is 2.35. The molecule has 176 valence electrons. The number of nitrogens with zero attached hydrogens (tertiary/aromatic N) is 3. The third-order valence-corrected chi connectivity index (χ3v) is 6.86. The van der Waals surface area contributed by atoms with Crippen LogP contribution in [0.5, 0.6) is 0 Å². The Kier molecular flexibility index (Phi) is 6.74. The molecule has 2 N–H and O–H groups in total. The van der Waals surface area contributed by atoms with Gasteiger partial charge in [-0.2, -0.15) is 0 Å². The van der Waals surface area contributed by atoms with Gasteiger partial charge >= 0.3 is 0 Å². The molecule has 3 aromatic rings. The normalized spacial score (nSPS) is 15.6.